The molecule has 0 aliphatic carbocycles. The zero-order valence-corrected chi connectivity index (χ0v) is 22.6. The van der Waals surface area contributed by atoms with E-state index >= 15 is 0 Å². The quantitative estimate of drug-likeness (QED) is 0.244. The zero-order valence-electron chi connectivity index (χ0n) is 20.3. The van der Waals surface area contributed by atoms with Gasteiger partial charge in [0, 0.05) is 38.1 Å². The summed E-state index contributed by atoms with van der Waals surface area (Å²) in [5.74, 6) is 2.36. The first-order valence-corrected chi connectivity index (χ1v) is 11.0. The number of hydrogen-bond acceptors (Lipinski definition) is 5. The third-order valence-electron chi connectivity index (χ3n) is 5.72. The Labute approximate surface area is 209 Å². The molecule has 1 aromatic rings. The molecule has 0 radical (unpaired) electrons. The van der Waals surface area contributed by atoms with Crippen LogP contribution in [0.4, 0.5) is 0 Å². The lowest BCUT2D eigenvalue weighted by molar-refractivity contribution is -0.122. The van der Waals surface area contributed by atoms with Gasteiger partial charge in [-0.15, -0.1) is 24.0 Å². The van der Waals surface area contributed by atoms with Gasteiger partial charge in [-0.05, 0) is 37.5 Å². The van der Waals surface area contributed by atoms with Crippen molar-refractivity contribution in [3.8, 4) is 11.5 Å². The Balaban J connectivity index is 0.00000512. The van der Waals surface area contributed by atoms with Gasteiger partial charge < -0.3 is 25.4 Å². The summed E-state index contributed by atoms with van der Waals surface area (Å²) >= 11 is 0. The molecule has 0 spiro atoms. The summed E-state index contributed by atoms with van der Waals surface area (Å²) in [4.78, 5) is 18.7. The van der Waals surface area contributed by atoms with E-state index in [0.717, 1.165) is 55.5 Å². The van der Waals surface area contributed by atoms with Crippen LogP contribution in [-0.4, -0.2) is 76.8 Å². The zero-order chi connectivity index (χ0) is 22.9. The molecule has 2 rings (SSSR count). The molecule has 182 valence electrons. The summed E-state index contributed by atoms with van der Waals surface area (Å²) in [6.07, 6.45) is 1.97. The average Bonchev–Trinajstić information content (AvgIpc) is 2.78. The van der Waals surface area contributed by atoms with Gasteiger partial charge in [-0.25, -0.2) is 0 Å². The SMILES string of the molecule is CCNC(=NCC(C)(C)c1ccc(OC)c(OC)c1)NC1CCN(CC(=O)NC)CC1.I. The van der Waals surface area contributed by atoms with Gasteiger partial charge in [0.05, 0.1) is 27.3 Å². The van der Waals surface area contributed by atoms with Crippen LogP contribution in [0.15, 0.2) is 23.2 Å². The molecule has 0 bridgehead atoms. The van der Waals surface area contributed by atoms with Gasteiger partial charge in [-0.3, -0.25) is 14.7 Å². The van der Waals surface area contributed by atoms with Crippen molar-refractivity contribution in [2.45, 2.75) is 45.1 Å². The van der Waals surface area contributed by atoms with Gasteiger partial charge in [0.15, 0.2) is 17.5 Å². The number of benzene rings is 1. The van der Waals surface area contributed by atoms with Crippen molar-refractivity contribution in [1.29, 1.82) is 0 Å². The summed E-state index contributed by atoms with van der Waals surface area (Å²) in [6, 6.07) is 6.38. The number of aliphatic imine (C=N–C) groups is 1. The van der Waals surface area contributed by atoms with Crippen LogP contribution in [0.3, 0.4) is 0 Å². The maximum atomic E-state index is 11.6. The van der Waals surface area contributed by atoms with E-state index in [-0.39, 0.29) is 35.3 Å². The Morgan fingerprint density at radius 1 is 1.19 bits per heavy atom. The Morgan fingerprint density at radius 2 is 1.84 bits per heavy atom. The number of guanidine groups is 1. The molecule has 1 aliphatic heterocycles. The highest BCUT2D eigenvalue weighted by atomic mass is 127. The van der Waals surface area contributed by atoms with E-state index < -0.39 is 0 Å². The van der Waals surface area contributed by atoms with Crippen molar-refractivity contribution >= 4 is 35.8 Å². The molecule has 1 aromatic carbocycles. The number of likely N-dealkylation sites (tertiary alicyclic amines) is 1. The maximum Gasteiger partial charge on any atom is 0.233 e. The van der Waals surface area contributed by atoms with E-state index in [1.54, 1.807) is 21.3 Å². The fraction of sp³-hybridized carbons (Fsp3) is 0.652. The number of carbonyl (C=O) groups is 1. The molecule has 32 heavy (non-hydrogen) atoms. The summed E-state index contributed by atoms with van der Waals surface area (Å²) < 4.78 is 10.8. The third kappa shape index (κ3) is 8.31. The number of amides is 1. The molecule has 0 atom stereocenters. The van der Waals surface area contributed by atoms with E-state index in [0.29, 0.717) is 19.1 Å². The standard InChI is InChI=1S/C23H39N5O3.HI/c1-7-25-22(27-18-10-12-28(13-11-18)15-21(29)24-4)26-16-23(2,3)17-8-9-19(30-5)20(14-17)31-6;/h8-9,14,18H,7,10-13,15-16H2,1-6H3,(H,24,29)(H2,25,26,27);1H. The van der Waals surface area contributed by atoms with Gasteiger partial charge in [0.2, 0.25) is 5.91 Å². The van der Waals surface area contributed by atoms with Gasteiger partial charge in [0.25, 0.3) is 0 Å². The normalized spacial score (nSPS) is 15.5. The number of nitrogens with zero attached hydrogens (tertiary/aromatic N) is 2. The van der Waals surface area contributed by atoms with Gasteiger partial charge in [0.1, 0.15) is 0 Å². The molecule has 9 heteroatoms. The van der Waals surface area contributed by atoms with Crippen LogP contribution in [0.1, 0.15) is 39.2 Å². The third-order valence-corrected chi connectivity index (χ3v) is 5.72. The minimum absolute atomic E-state index is 0. The minimum atomic E-state index is -0.168. The van der Waals surface area contributed by atoms with Crippen LogP contribution in [0.5, 0.6) is 11.5 Å². The largest absolute Gasteiger partial charge is 0.493 e. The van der Waals surface area contributed by atoms with E-state index in [1.165, 1.54) is 0 Å². The van der Waals surface area contributed by atoms with E-state index in [1.807, 2.05) is 12.1 Å². The predicted octanol–water partition coefficient (Wildman–Crippen LogP) is 2.36. The Morgan fingerprint density at radius 3 is 2.41 bits per heavy atom. The second-order valence-electron chi connectivity index (χ2n) is 8.52. The van der Waals surface area contributed by atoms with Crippen LogP contribution in [-0.2, 0) is 10.2 Å². The van der Waals surface area contributed by atoms with Crippen LogP contribution >= 0.6 is 24.0 Å². The van der Waals surface area contributed by atoms with Gasteiger partial charge in [-0.1, -0.05) is 19.9 Å². The highest BCUT2D eigenvalue weighted by Gasteiger charge is 2.24. The lowest BCUT2D eigenvalue weighted by Crippen LogP contribution is -2.50. The van der Waals surface area contributed by atoms with E-state index in [4.69, 9.17) is 14.5 Å². The topological polar surface area (TPSA) is 87.2 Å². The average molecular weight is 562 g/mol. The van der Waals surface area contributed by atoms with Crippen molar-refractivity contribution in [3.63, 3.8) is 0 Å². The number of methoxy groups -OCH3 is 2. The molecule has 3 N–H and O–H groups in total. The van der Waals surface area contributed by atoms with Crippen molar-refractivity contribution in [2.24, 2.45) is 4.99 Å². The summed E-state index contributed by atoms with van der Waals surface area (Å²) in [5.41, 5.74) is 0.978. The number of piperidine rings is 1. The molecule has 1 amide bonds. The number of halogens is 1. The van der Waals surface area contributed by atoms with Crippen LogP contribution < -0.4 is 25.4 Å². The van der Waals surface area contributed by atoms with Crippen LogP contribution in [0, 0.1) is 0 Å². The van der Waals surface area contributed by atoms with Crippen LogP contribution in [0.2, 0.25) is 0 Å². The molecule has 1 fully saturated rings. The van der Waals surface area contributed by atoms with Crippen molar-refractivity contribution in [1.82, 2.24) is 20.9 Å². The first kappa shape index (κ1) is 28.3. The molecular weight excluding hydrogens is 521 g/mol. The van der Waals surface area contributed by atoms with E-state index in [9.17, 15) is 4.79 Å². The second-order valence-corrected chi connectivity index (χ2v) is 8.52. The van der Waals surface area contributed by atoms with Crippen molar-refractivity contribution in [3.05, 3.63) is 23.8 Å². The summed E-state index contributed by atoms with van der Waals surface area (Å²) in [6.45, 7) is 10.1. The highest BCUT2D eigenvalue weighted by Crippen LogP contribution is 2.33. The second kappa shape index (κ2) is 13.7. The number of nitrogens with one attached hydrogen (secondary N) is 3. The predicted molar refractivity (Wildman–Crippen MR) is 141 cm³/mol. The number of carbonyl (C=O) groups excluding carboxylic acids is 1. The number of ether oxygens (including phenoxy) is 2. The smallest absolute Gasteiger partial charge is 0.233 e. The minimum Gasteiger partial charge on any atom is -0.493 e. The molecule has 0 unspecified atom stereocenters. The fourth-order valence-corrected chi connectivity index (χ4v) is 3.66. The first-order valence-electron chi connectivity index (χ1n) is 11.0. The van der Waals surface area contributed by atoms with Crippen LogP contribution in [0.25, 0.3) is 0 Å². The van der Waals surface area contributed by atoms with Gasteiger partial charge >= 0.3 is 0 Å². The molecule has 0 saturated carbocycles. The molecule has 1 heterocycles. The summed E-state index contributed by atoms with van der Waals surface area (Å²) in [5, 5.41) is 9.63. The number of rotatable bonds is 9. The van der Waals surface area contributed by atoms with Crippen molar-refractivity contribution < 1.29 is 14.3 Å². The lowest BCUT2D eigenvalue weighted by Gasteiger charge is -2.32. The molecule has 1 saturated heterocycles. The fourth-order valence-electron chi connectivity index (χ4n) is 3.66. The molecule has 8 nitrogen and oxygen atoms in total. The summed E-state index contributed by atoms with van der Waals surface area (Å²) in [7, 11) is 4.98. The van der Waals surface area contributed by atoms with Crippen molar-refractivity contribution in [2.75, 3.05) is 54.0 Å². The Kier molecular flexibility index (Phi) is 12.1. The highest BCUT2D eigenvalue weighted by molar-refractivity contribution is 14.0. The Bertz CT molecular complexity index is 749. The molecular formula is C23H40IN5O3. The monoisotopic (exact) mass is 561 g/mol. The number of hydrogen-bond donors (Lipinski definition) is 3. The van der Waals surface area contributed by atoms with E-state index in [2.05, 4.69) is 47.7 Å². The van der Waals surface area contributed by atoms with Gasteiger partial charge in [-0.2, -0.15) is 0 Å². The maximum absolute atomic E-state index is 11.6. The molecule has 0 aromatic heterocycles. The Hall–Kier alpha value is -1.75. The molecule has 1 aliphatic rings. The lowest BCUT2D eigenvalue weighted by atomic mass is 9.84. The number of likely N-dealkylation sites (N-methyl/N-ethyl adjacent to an activating group) is 1. The first-order chi connectivity index (χ1) is 14.8.